The van der Waals surface area contributed by atoms with E-state index in [1.165, 1.54) is 0 Å². The summed E-state index contributed by atoms with van der Waals surface area (Å²) in [7, 11) is 0. The summed E-state index contributed by atoms with van der Waals surface area (Å²) in [4.78, 5) is 12.9. The third kappa shape index (κ3) is 1.71. The van der Waals surface area contributed by atoms with Crippen molar-refractivity contribution in [3.05, 3.63) is 0 Å². The molecule has 3 nitrogen and oxygen atoms in total. The molecule has 0 aromatic carbocycles. The van der Waals surface area contributed by atoms with Crippen LogP contribution >= 0.6 is 0 Å². The average Bonchev–Trinajstić information content (AvgIpc) is 2.33. The van der Waals surface area contributed by atoms with Crippen molar-refractivity contribution in [2.45, 2.75) is 32.9 Å². The number of likely N-dealkylation sites (tertiary alicyclic amines) is 1. The summed E-state index contributed by atoms with van der Waals surface area (Å²) >= 11 is 0. The monoisotopic (exact) mass is 156 g/mol. The van der Waals surface area contributed by atoms with Gasteiger partial charge in [0, 0.05) is 13.0 Å². The van der Waals surface area contributed by atoms with Gasteiger partial charge in [-0.1, -0.05) is 13.8 Å². The van der Waals surface area contributed by atoms with E-state index in [1.807, 2.05) is 13.8 Å². The quantitative estimate of drug-likeness (QED) is 0.634. The maximum absolute atomic E-state index is 11.2. The van der Waals surface area contributed by atoms with Gasteiger partial charge in [0.1, 0.15) is 0 Å². The van der Waals surface area contributed by atoms with E-state index in [1.54, 1.807) is 4.90 Å². The topological polar surface area (TPSA) is 46.3 Å². The molecule has 1 rings (SSSR count). The van der Waals surface area contributed by atoms with E-state index < -0.39 is 0 Å². The first kappa shape index (κ1) is 8.53. The van der Waals surface area contributed by atoms with Crippen LogP contribution in [0.25, 0.3) is 0 Å². The van der Waals surface area contributed by atoms with E-state index >= 15 is 0 Å². The van der Waals surface area contributed by atoms with Crippen LogP contribution in [0.5, 0.6) is 0 Å². The highest BCUT2D eigenvalue weighted by atomic mass is 16.2. The van der Waals surface area contributed by atoms with Crippen LogP contribution in [0, 0.1) is 5.92 Å². The fourth-order valence-corrected chi connectivity index (χ4v) is 1.34. The number of nitrogens with two attached hydrogens (primary N) is 1. The van der Waals surface area contributed by atoms with Crippen LogP contribution in [0.3, 0.4) is 0 Å². The second-order valence-corrected chi connectivity index (χ2v) is 3.43. The number of rotatable bonds is 2. The SMILES string of the molecule is CC(C)C(N)N1CCCC1=O. The smallest absolute Gasteiger partial charge is 0.223 e. The van der Waals surface area contributed by atoms with E-state index in [4.69, 9.17) is 5.73 Å². The Balaban J connectivity index is 2.52. The van der Waals surface area contributed by atoms with Gasteiger partial charge in [-0.2, -0.15) is 0 Å². The highest BCUT2D eigenvalue weighted by Gasteiger charge is 2.26. The fourth-order valence-electron chi connectivity index (χ4n) is 1.34. The van der Waals surface area contributed by atoms with E-state index in [0.717, 1.165) is 13.0 Å². The molecule has 1 unspecified atom stereocenters. The maximum atomic E-state index is 11.2. The molecule has 1 aliphatic heterocycles. The first-order valence-electron chi connectivity index (χ1n) is 4.18. The third-order valence-corrected chi connectivity index (χ3v) is 2.15. The van der Waals surface area contributed by atoms with Crippen LogP contribution in [0.2, 0.25) is 0 Å². The van der Waals surface area contributed by atoms with E-state index in [2.05, 4.69) is 0 Å². The lowest BCUT2D eigenvalue weighted by Crippen LogP contribution is -2.46. The van der Waals surface area contributed by atoms with Crippen molar-refractivity contribution in [2.24, 2.45) is 11.7 Å². The molecule has 64 valence electrons. The van der Waals surface area contributed by atoms with Gasteiger partial charge in [-0.15, -0.1) is 0 Å². The van der Waals surface area contributed by atoms with Gasteiger partial charge in [0.05, 0.1) is 6.17 Å². The Labute approximate surface area is 67.5 Å². The zero-order valence-corrected chi connectivity index (χ0v) is 7.21. The molecule has 3 heteroatoms. The zero-order chi connectivity index (χ0) is 8.43. The summed E-state index contributed by atoms with van der Waals surface area (Å²) in [6, 6.07) is 0. The molecular weight excluding hydrogens is 140 g/mol. The molecule has 0 aromatic rings. The van der Waals surface area contributed by atoms with Crippen LogP contribution in [0.4, 0.5) is 0 Å². The second-order valence-electron chi connectivity index (χ2n) is 3.43. The molecule has 0 radical (unpaired) electrons. The molecule has 0 saturated carbocycles. The maximum Gasteiger partial charge on any atom is 0.223 e. The highest BCUT2D eigenvalue weighted by Crippen LogP contribution is 2.14. The van der Waals surface area contributed by atoms with Crippen molar-refractivity contribution in [1.29, 1.82) is 0 Å². The second kappa shape index (κ2) is 3.22. The van der Waals surface area contributed by atoms with Gasteiger partial charge in [-0.3, -0.25) is 4.79 Å². The molecule has 0 bridgehead atoms. The molecule has 1 saturated heterocycles. The first-order valence-corrected chi connectivity index (χ1v) is 4.18. The van der Waals surface area contributed by atoms with E-state index in [9.17, 15) is 4.79 Å². The Morgan fingerprint density at radius 2 is 2.18 bits per heavy atom. The normalized spacial score (nSPS) is 21.5. The van der Waals surface area contributed by atoms with Gasteiger partial charge in [0.2, 0.25) is 5.91 Å². The Morgan fingerprint density at radius 1 is 1.55 bits per heavy atom. The minimum atomic E-state index is -0.0787. The summed E-state index contributed by atoms with van der Waals surface area (Å²) in [5.74, 6) is 0.572. The van der Waals surface area contributed by atoms with Crippen LogP contribution in [-0.4, -0.2) is 23.5 Å². The lowest BCUT2D eigenvalue weighted by atomic mass is 10.1. The Hall–Kier alpha value is -0.570. The number of carbonyl (C=O) groups is 1. The Kier molecular flexibility index (Phi) is 2.49. The van der Waals surface area contributed by atoms with Crippen molar-refractivity contribution < 1.29 is 4.79 Å². The lowest BCUT2D eigenvalue weighted by molar-refractivity contribution is -0.130. The molecular formula is C8H16N2O. The summed E-state index contributed by atoms with van der Waals surface area (Å²) in [5, 5.41) is 0. The molecule has 1 atom stereocenters. The molecule has 0 aliphatic carbocycles. The molecule has 0 spiro atoms. The predicted octanol–water partition coefficient (Wildman–Crippen LogP) is 0.550. The Morgan fingerprint density at radius 3 is 2.55 bits per heavy atom. The molecule has 0 aromatic heterocycles. The Bertz CT molecular complexity index is 156. The predicted molar refractivity (Wildman–Crippen MR) is 43.8 cm³/mol. The number of nitrogens with zero attached hydrogens (tertiary/aromatic N) is 1. The van der Waals surface area contributed by atoms with Gasteiger partial charge >= 0.3 is 0 Å². The molecule has 1 amide bonds. The van der Waals surface area contributed by atoms with Gasteiger partial charge < -0.3 is 10.6 Å². The van der Waals surface area contributed by atoms with Crippen LogP contribution in [0.1, 0.15) is 26.7 Å². The number of hydrogen-bond donors (Lipinski definition) is 1. The molecule has 1 fully saturated rings. The molecule has 11 heavy (non-hydrogen) atoms. The van der Waals surface area contributed by atoms with Gasteiger partial charge in [-0.25, -0.2) is 0 Å². The zero-order valence-electron chi connectivity index (χ0n) is 7.21. The van der Waals surface area contributed by atoms with Gasteiger partial charge in [0.25, 0.3) is 0 Å². The van der Waals surface area contributed by atoms with Crippen LogP contribution in [0.15, 0.2) is 0 Å². The van der Waals surface area contributed by atoms with Gasteiger partial charge in [0.15, 0.2) is 0 Å². The number of hydrogen-bond acceptors (Lipinski definition) is 2. The van der Waals surface area contributed by atoms with E-state index in [0.29, 0.717) is 12.3 Å². The largest absolute Gasteiger partial charge is 0.327 e. The summed E-state index contributed by atoms with van der Waals surface area (Å²) in [6.07, 6.45) is 1.57. The summed E-state index contributed by atoms with van der Waals surface area (Å²) in [5.41, 5.74) is 5.82. The minimum Gasteiger partial charge on any atom is -0.327 e. The van der Waals surface area contributed by atoms with Crippen molar-refractivity contribution in [3.63, 3.8) is 0 Å². The van der Waals surface area contributed by atoms with Crippen molar-refractivity contribution in [1.82, 2.24) is 4.90 Å². The van der Waals surface area contributed by atoms with Crippen molar-refractivity contribution in [3.8, 4) is 0 Å². The fraction of sp³-hybridized carbons (Fsp3) is 0.875. The van der Waals surface area contributed by atoms with Gasteiger partial charge in [-0.05, 0) is 12.3 Å². The van der Waals surface area contributed by atoms with Crippen molar-refractivity contribution in [2.75, 3.05) is 6.54 Å². The van der Waals surface area contributed by atoms with Crippen LogP contribution < -0.4 is 5.73 Å². The number of amides is 1. The summed E-state index contributed by atoms with van der Waals surface area (Å²) in [6.45, 7) is 4.92. The van der Waals surface area contributed by atoms with E-state index in [-0.39, 0.29) is 12.1 Å². The van der Waals surface area contributed by atoms with Crippen molar-refractivity contribution >= 4 is 5.91 Å². The van der Waals surface area contributed by atoms with Crippen LogP contribution in [-0.2, 0) is 4.79 Å². The molecule has 1 heterocycles. The lowest BCUT2D eigenvalue weighted by Gasteiger charge is -2.26. The summed E-state index contributed by atoms with van der Waals surface area (Å²) < 4.78 is 0. The highest BCUT2D eigenvalue weighted by molar-refractivity contribution is 5.78. The number of carbonyl (C=O) groups excluding carboxylic acids is 1. The first-order chi connectivity index (χ1) is 5.13. The standard InChI is InChI=1S/C8H16N2O/c1-6(2)8(9)10-5-3-4-7(10)11/h6,8H,3-5,9H2,1-2H3. The third-order valence-electron chi connectivity index (χ3n) is 2.15. The minimum absolute atomic E-state index is 0.0787. The molecule has 2 N–H and O–H groups in total. The molecule has 1 aliphatic rings. The average molecular weight is 156 g/mol.